The number of nitrogens with zero attached hydrogens (tertiary/aromatic N) is 3. The first kappa shape index (κ1) is 23.9. The zero-order valence-electron chi connectivity index (χ0n) is 20.4. The van der Waals surface area contributed by atoms with Gasteiger partial charge in [-0.05, 0) is 38.0 Å². The topological polar surface area (TPSA) is 114 Å². The van der Waals surface area contributed by atoms with Crippen LogP contribution < -0.4 is 21.9 Å². The number of benzene rings is 2. The van der Waals surface area contributed by atoms with Crippen LogP contribution in [0, 0.1) is 13.8 Å². The lowest BCUT2D eigenvalue weighted by Gasteiger charge is -2.21. The van der Waals surface area contributed by atoms with Crippen molar-refractivity contribution in [2.24, 2.45) is 0 Å². The molecule has 0 bridgehead atoms. The van der Waals surface area contributed by atoms with Gasteiger partial charge >= 0.3 is 5.69 Å². The Morgan fingerprint density at radius 2 is 1.86 bits per heavy atom. The Morgan fingerprint density at radius 1 is 1.11 bits per heavy atom. The van der Waals surface area contributed by atoms with E-state index in [9.17, 15) is 14.4 Å². The van der Waals surface area contributed by atoms with Gasteiger partial charge in [0.2, 0.25) is 0 Å². The monoisotopic (exact) mass is 471 g/mol. The first-order valence-corrected chi connectivity index (χ1v) is 11.6. The number of para-hydroxylation sites is 1. The van der Waals surface area contributed by atoms with Gasteiger partial charge in [0.05, 0.1) is 16.8 Å². The maximum atomic E-state index is 13.8. The number of rotatable bonds is 6. The maximum absolute atomic E-state index is 13.8. The third kappa shape index (κ3) is 4.47. The summed E-state index contributed by atoms with van der Waals surface area (Å²) < 4.78 is 1.30. The number of nitrogens with one attached hydrogen (secondary N) is 1. The van der Waals surface area contributed by atoms with E-state index in [1.807, 2.05) is 57.2 Å². The number of aromatic amines is 1. The standard InChI is InChI=1S/C27H29N5O3/c1-5-6-13-32-24(28)23(25(33)30-27(32)35)31(4)26(34)20-15-22(18-12-11-16(2)14-17(18)3)29-21-10-8-7-9-19(20)21/h7-12,14-15H,5-6,13,28H2,1-4H3,(H,30,33,35). The third-order valence-electron chi connectivity index (χ3n) is 6.19. The number of H-pyrrole nitrogens is 1. The van der Waals surface area contributed by atoms with Gasteiger partial charge in [0.1, 0.15) is 5.82 Å². The van der Waals surface area contributed by atoms with Crippen molar-refractivity contribution < 1.29 is 4.79 Å². The molecule has 0 aliphatic rings. The quantitative estimate of drug-likeness (QED) is 0.441. The van der Waals surface area contributed by atoms with Crippen LogP contribution in [0.4, 0.5) is 11.5 Å². The van der Waals surface area contributed by atoms with Crippen LogP contribution in [0.3, 0.4) is 0 Å². The number of nitrogens with two attached hydrogens (primary N) is 1. The summed E-state index contributed by atoms with van der Waals surface area (Å²) in [4.78, 5) is 47.2. The molecule has 8 nitrogen and oxygen atoms in total. The molecule has 4 aromatic rings. The lowest BCUT2D eigenvalue weighted by Crippen LogP contribution is -2.39. The molecule has 2 aromatic carbocycles. The van der Waals surface area contributed by atoms with E-state index in [1.165, 1.54) is 16.5 Å². The van der Waals surface area contributed by atoms with E-state index in [0.717, 1.165) is 23.1 Å². The summed E-state index contributed by atoms with van der Waals surface area (Å²) in [7, 11) is 1.49. The molecule has 0 unspecified atom stereocenters. The number of hydrogen-bond donors (Lipinski definition) is 2. The van der Waals surface area contributed by atoms with Gasteiger partial charge in [-0.1, -0.05) is 55.3 Å². The Bertz CT molecular complexity index is 1550. The van der Waals surface area contributed by atoms with Crippen molar-refractivity contribution in [1.82, 2.24) is 14.5 Å². The van der Waals surface area contributed by atoms with Crippen LogP contribution >= 0.6 is 0 Å². The van der Waals surface area contributed by atoms with Gasteiger partial charge in [-0.25, -0.2) is 9.78 Å². The van der Waals surface area contributed by atoms with Crippen LogP contribution in [-0.2, 0) is 6.54 Å². The predicted molar refractivity (Wildman–Crippen MR) is 140 cm³/mol. The molecule has 0 radical (unpaired) electrons. The van der Waals surface area contributed by atoms with Crippen molar-refractivity contribution in [3.05, 3.63) is 86.1 Å². The molecular weight excluding hydrogens is 442 g/mol. The Morgan fingerprint density at radius 3 is 2.57 bits per heavy atom. The summed E-state index contributed by atoms with van der Waals surface area (Å²) in [5, 5.41) is 0.659. The second-order valence-corrected chi connectivity index (χ2v) is 8.75. The molecule has 2 heterocycles. The van der Waals surface area contributed by atoms with Gasteiger partial charge in [0.15, 0.2) is 5.69 Å². The van der Waals surface area contributed by atoms with Crippen LogP contribution in [0.25, 0.3) is 22.2 Å². The lowest BCUT2D eigenvalue weighted by atomic mass is 9.99. The highest BCUT2D eigenvalue weighted by Gasteiger charge is 2.24. The van der Waals surface area contributed by atoms with Crippen molar-refractivity contribution in [2.45, 2.75) is 40.2 Å². The average molecular weight is 472 g/mol. The second-order valence-electron chi connectivity index (χ2n) is 8.75. The molecule has 180 valence electrons. The van der Waals surface area contributed by atoms with E-state index in [-0.39, 0.29) is 11.5 Å². The van der Waals surface area contributed by atoms with Gasteiger partial charge < -0.3 is 10.6 Å². The third-order valence-corrected chi connectivity index (χ3v) is 6.19. The number of fused-ring (bicyclic) bond motifs is 1. The first-order valence-electron chi connectivity index (χ1n) is 11.6. The summed E-state index contributed by atoms with van der Waals surface area (Å²) in [6.07, 6.45) is 1.56. The fourth-order valence-electron chi connectivity index (χ4n) is 4.31. The molecule has 0 aliphatic heterocycles. The van der Waals surface area contributed by atoms with Crippen LogP contribution in [0.1, 0.15) is 41.3 Å². The number of carbonyl (C=O) groups is 1. The van der Waals surface area contributed by atoms with Crippen molar-refractivity contribution in [1.29, 1.82) is 0 Å². The fourth-order valence-corrected chi connectivity index (χ4v) is 4.31. The highest BCUT2D eigenvalue weighted by Crippen LogP contribution is 2.29. The number of anilines is 2. The van der Waals surface area contributed by atoms with Crippen molar-refractivity contribution in [3.63, 3.8) is 0 Å². The number of aromatic nitrogens is 3. The minimum Gasteiger partial charge on any atom is -0.383 e. The minimum absolute atomic E-state index is 0.0315. The van der Waals surface area contributed by atoms with Crippen LogP contribution in [0.2, 0.25) is 0 Å². The predicted octanol–water partition coefficient (Wildman–Crippen LogP) is 4.03. The molecule has 1 amide bonds. The number of aryl methyl sites for hydroxylation is 2. The Hall–Kier alpha value is -4.20. The van der Waals surface area contributed by atoms with E-state index in [2.05, 4.69) is 11.1 Å². The number of nitrogen functional groups attached to an aromatic ring is 1. The summed E-state index contributed by atoms with van der Waals surface area (Å²) in [6, 6.07) is 15.2. The SMILES string of the molecule is CCCCn1c(N)c(N(C)C(=O)c2cc(-c3ccc(C)cc3C)nc3ccccc23)c(=O)[nH]c1=O. The van der Waals surface area contributed by atoms with Gasteiger partial charge in [-0.15, -0.1) is 0 Å². The van der Waals surface area contributed by atoms with Crippen molar-refractivity contribution >= 4 is 28.3 Å². The van der Waals surface area contributed by atoms with E-state index in [0.29, 0.717) is 35.1 Å². The Labute approximate surface area is 203 Å². The molecule has 35 heavy (non-hydrogen) atoms. The molecule has 0 fully saturated rings. The molecule has 0 atom stereocenters. The van der Waals surface area contributed by atoms with Crippen LogP contribution in [0.15, 0.2) is 58.1 Å². The summed E-state index contributed by atoms with van der Waals surface area (Å²) in [5.41, 5.74) is 9.71. The van der Waals surface area contributed by atoms with E-state index >= 15 is 0 Å². The molecule has 0 aliphatic carbocycles. The highest BCUT2D eigenvalue weighted by atomic mass is 16.2. The number of carbonyl (C=O) groups excluding carboxylic acids is 1. The molecule has 3 N–H and O–H groups in total. The molecule has 2 aromatic heterocycles. The highest BCUT2D eigenvalue weighted by molar-refractivity contribution is 6.14. The molecule has 0 saturated heterocycles. The number of amides is 1. The summed E-state index contributed by atoms with van der Waals surface area (Å²) in [6.45, 7) is 6.37. The number of pyridine rings is 1. The van der Waals surface area contributed by atoms with E-state index < -0.39 is 17.2 Å². The molecule has 8 heteroatoms. The average Bonchev–Trinajstić information content (AvgIpc) is 2.82. The normalized spacial score (nSPS) is 11.1. The smallest absolute Gasteiger partial charge is 0.330 e. The van der Waals surface area contributed by atoms with Gasteiger partial charge in [0, 0.05) is 24.5 Å². The Kier molecular flexibility index (Phi) is 6.55. The van der Waals surface area contributed by atoms with Crippen LogP contribution in [0.5, 0.6) is 0 Å². The van der Waals surface area contributed by atoms with E-state index in [1.54, 1.807) is 6.07 Å². The lowest BCUT2D eigenvalue weighted by molar-refractivity contribution is 0.0994. The van der Waals surface area contributed by atoms with Gasteiger partial charge in [-0.2, -0.15) is 0 Å². The maximum Gasteiger partial charge on any atom is 0.330 e. The second kappa shape index (κ2) is 9.58. The van der Waals surface area contributed by atoms with Crippen molar-refractivity contribution in [3.8, 4) is 11.3 Å². The largest absolute Gasteiger partial charge is 0.383 e. The number of hydrogen-bond acceptors (Lipinski definition) is 5. The molecule has 4 rings (SSSR count). The zero-order chi connectivity index (χ0) is 25.3. The molecule has 0 spiro atoms. The summed E-state index contributed by atoms with van der Waals surface area (Å²) in [5.74, 6) is -0.455. The first-order chi connectivity index (χ1) is 16.7. The molecule has 0 saturated carbocycles. The van der Waals surface area contributed by atoms with E-state index in [4.69, 9.17) is 10.7 Å². The molecular formula is C27H29N5O3. The van der Waals surface area contributed by atoms with Gasteiger partial charge in [-0.3, -0.25) is 19.1 Å². The fraction of sp³-hybridized carbons (Fsp3) is 0.259. The zero-order valence-corrected chi connectivity index (χ0v) is 20.4. The minimum atomic E-state index is -0.705. The summed E-state index contributed by atoms with van der Waals surface area (Å²) >= 11 is 0. The number of unbranched alkanes of at least 4 members (excludes halogenated alkanes) is 1. The van der Waals surface area contributed by atoms with Gasteiger partial charge in [0.25, 0.3) is 11.5 Å². The van der Waals surface area contributed by atoms with Crippen molar-refractivity contribution in [2.75, 3.05) is 17.7 Å². The Balaban J connectivity index is 1.88. The van der Waals surface area contributed by atoms with Crippen LogP contribution in [-0.4, -0.2) is 27.5 Å².